The minimum Gasteiger partial charge on any atom is -0.398 e. The normalized spacial score (nSPS) is 25.5. The van der Waals surface area contributed by atoms with E-state index in [1.54, 1.807) is 0 Å². The van der Waals surface area contributed by atoms with Crippen molar-refractivity contribution in [3.63, 3.8) is 0 Å². The topological polar surface area (TPSA) is 113 Å². The zero-order valence-corrected chi connectivity index (χ0v) is 28.3. The van der Waals surface area contributed by atoms with E-state index in [9.17, 15) is 4.79 Å². The first-order chi connectivity index (χ1) is 21.5. The van der Waals surface area contributed by atoms with E-state index in [-0.39, 0.29) is 29.0 Å². The van der Waals surface area contributed by atoms with E-state index < -0.39 is 0 Å². The maximum atomic E-state index is 12.3. The maximum absolute atomic E-state index is 12.3. The van der Waals surface area contributed by atoms with Crippen LogP contribution >= 0.6 is 23.2 Å². The molecule has 4 heterocycles. The molecule has 1 aliphatic carbocycles. The van der Waals surface area contributed by atoms with Gasteiger partial charge >= 0.3 is 0 Å². The Morgan fingerprint density at radius 1 is 1.20 bits per heavy atom. The van der Waals surface area contributed by atoms with Gasteiger partial charge in [0.25, 0.3) is 0 Å². The zero-order chi connectivity index (χ0) is 32.1. The molecule has 4 fully saturated rings. The van der Waals surface area contributed by atoms with Gasteiger partial charge in [0.15, 0.2) is 5.82 Å². The molecule has 1 aromatic heterocycles. The Hall–Kier alpha value is -2.63. The van der Waals surface area contributed by atoms with E-state index in [0.29, 0.717) is 36.1 Å². The lowest BCUT2D eigenvalue weighted by atomic mass is 9.60. The van der Waals surface area contributed by atoms with Crippen LogP contribution in [-0.4, -0.2) is 102 Å². The number of ether oxygens (including phenoxy) is 2. The van der Waals surface area contributed by atoms with E-state index in [0.717, 1.165) is 86.7 Å². The number of rotatable bonds is 8. The summed E-state index contributed by atoms with van der Waals surface area (Å²) in [5, 5.41) is 14.3. The highest BCUT2D eigenvalue weighted by molar-refractivity contribution is 6.35. The number of anilines is 2. The van der Waals surface area contributed by atoms with Crippen molar-refractivity contribution in [3.05, 3.63) is 39.5 Å². The largest absolute Gasteiger partial charge is 0.398 e. The monoisotopic (exact) mass is 657 g/mol. The van der Waals surface area contributed by atoms with Crippen molar-refractivity contribution >= 4 is 46.8 Å². The van der Waals surface area contributed by atoms with Crippen LogP contribution in [0.1, 0.15) is 56.0 Å². The van der Waals surface area contributed by atoms with Gasteiger partial charge in [-0.05, 0) is 51.7 Å². The molecule has 1 saturated carbocycles. The highest BCUT2D eigenvalue weighted by Crippen LogP contribution is 2.56. The predicted molar refractivity (Wildman–Crippen MR) is 180 cm³/mol. The number of nitrogen functional groups attached to an aromatic ring is 1. The fourth-order valence-corrected chi connectivity index (χ4v) is 8.29. The predicted octanol–water partition coefficient (Wildman–Crippen LogP) is 5.02. The number of carbonyl (C=O) groups is 1. The van der Waals surface area contributed by atoms with Crippen molar-refractivity contribution in [2.24, 2.45) is 5.41 Å². The van der Waals surface area contributed by atoms with E-state index >= 15 is 0 Å². The second-order valence-corrected chi connectivity index (χ2v) is 14.2. The van der Waals surface area contributed by atoms with Crippen molar-refractivity contribution in [2.45, 2.75) is 64.6 Å². The number of likely N-dealkylation sites (tertiary alicyclic amines) is 1. The van der Waals surface area contributed by atoms with Crippen LogP contribution in [0.4, 0.5) is 11.5 Å². The van der Waals surface area contributed by atoms with E-state index in [1.807, 2.05) is 17.9 Å². The summed E-state index contributed by atoms with van der Waals surface area (Å²) >= 11 is 12.7. The molecule has 3 saturated heterocycles. The second kappa shape index (κ2) is 12.5. The molecule has 12 heteroatoms. The van der Waals surface area contributed by atoms with Gasteiger partial charge in [0.05, 0.1) is 42.5 Å². The van der Waals surface area contributed by atoms with Crippen molar-refractivity contribution in [2.75, 3.05) is 69.7 Å². The smallest absolute Gasteiger partial charge is 0.247 e. The third-order valence-electron chi connectivity index (χ3n) is 10.5. The third kappa shape index (κ3) is 5.78. The molecule has 1 amide bonds. The first kappa shape index (κ1) is 32.3. The maximum Gasteiger partial charge on any atom is 0.247 e. The Bertz CT molecular complexity index is 1490. The van der Waals surface area contributed by atoms with Gasteiger partial charge in [0, 0.05) is 90.6 Å². The molecule has 0 radical (unpaired) electrons. The summed E-state index contributed by atoms with van der Waals surface area (Å²) < 4.78 is 13.8. The van der Waals surface area contributed by atoms with E-state index in [1.165, 1.54) is 17.8 Å². The molecule has 244 valence electrons. The summed E-state index contributed by atoms with van der Waals surface area (Å²) in [6.07, 6.45) is 5.64. The average Bonchev–Trinajstić information content (AvgIpc) is 3.29. The standard InChI is InChI=1S/C33H45Cl2N7O3/c1-5-32(4)18-39(16-24-17-44-10-11-45-24)8-9-41(32)31-28(29-25(15-36)26(37)12-21(2)30(29)35)22(3)42(38-31)23-13-33(14-23)19-40(20-33)27(43)6-7-34/h6-7,12,15,23-24,36H,5,8-11,13-14,16-20,37H2,1-4H3/b7-6+,36-15?/t24?,32-/m0/s1. The summed E-state index contributed by atoms with van der Waals surface area (Å²) in [6, 6.07) is 2.05. The van der Waals surface area contributed by atoms with Gasteiger partial charge in [0.2, 0.25) is 5.91 Å². The number of carbonyl (C=O) groups excluding carboxylic acids is 1. The van der Waals surface area contributed by atoms with Crippen LogP contribution < -0.4 is 10.6 Å². The number of aryl methyl sites for hydroxylation is 1. The molecule has 6 rings (SSSR count). The molecule has 10 nitrogen and oxygen atoms in total. The molecule has 2 aromatic rings. The molecule has 45 heavy (non-hydrogen) atoms. The Morgan fingerprint density at radius 2 is 1.96 bits per heavy atom. The number of hydrogen-bond donors (Lipinski definition) is 2. The van der Waals surface area contributed by atoms with Crippen molar-refractivity contribution in [1.82, 2.24) is 19.6 Å². The minimum atomic E-state index is -0.202. The highest BCUT2D eigenvalue weighted by Gasteiger charge is 2.55. The lowest BCUT2D eigenvalue weighted by molar-refractivity contribution is -0.149. The summed E-state index contributed by atoms with van der Waals surface area (Å²) in [7, 11) is 0. The summed E-state index contributed by atoms with van der Waals surface area (Å²) in [5.74, 6) is 0.854. The van der Waals surface area contributed by atoms with Gasteiger partial charge < -0.3 is 30.4 Å². The van der Waals surface area contributed by atoms with Crippen LogP contribution in [0, 0.1) is 24.7 Å². The molecular formula is C33H45Cl2N7O3. The van der Waals surface area contributed by atoms with E-state index in [4.69, 9.17) is 48.9 Å². The van der Waals surface area contributed by atoms with Gasteiger partial charge in [-0.25, -0.2) is 0 Å². The van der Waals surface area contributed by atoms with Gasteiger partial charge in [-0.3, -0.25) is 14.4 Å². The van der Waals surface area contributed by atoms with Crippen molar-refractivity contribution in [3.8, 4) is 11.1 Å². The number of nitrogens with zero attached hydrogens (tertiary/aromatic N) is 5. The quantitative estimate of drug-likeness (QED) is 0.233. The minimum absolute atomic E-state index is 0.0367. The molecule has 0 bridgehead atoms. The van der Waals surface area contributed by atoms with Crippen molar-refractivity contribution < 1.29 is 14.3 Å². The van der Waals surface area contributed by atoms with Crippen LogP contribution in [0.25, 0.3) is 11.1 Å². The van der Waals surface area contributed by atoms with Gasteiger partial charge in [-0.2, -0.15) is 5.10 Å². The Kier molecular flexibility index (Phi) is 8.99. The number of piperazine rings is 1. The fourth-order valence-electron chi connectivity index (χ4n) is 7.93. The summed E-state index contributed by atoms with van der Waals surface area (Å²) in [4.78, 5) is 19.1. The number of halogens is 2. The summed E-state index contributed by atoms with van der Waals surface area (Å²) in [6.45, 7) is 15.4. The highest BCUT2D eigenvalue weighted by atomic mass is 35.5. The van der Waals surface area contributed by atoms with Crippen molar-refractivity contribution in [1.29, 1.82) is 5.41 Å². The SMILES string of the molecule is CC[C@@]1(C)CN(CC2COCCO2)CCN1c1nn(C2CC3(C2)CN(C(=O)/C=C/Cl)C3)c(C)c1-c1c(Cl)c(C)cc(N)c1C=N. The average molecular weight is 659 g/mol. The van der Waals surface area contributed by atoms with Crippen LogP contribution in [0.15, 0.2) is 17.7 Å². The Morgan fingerprint density at radius 3 is 2.60 bits per heavy atom. The fraction of sp³-hybridized carbons (Fsp3) is 0.606. The molecule has 1 unspecified atom stereocenters. The number of hydrogen-bond acceptors (Lipinski definition) is 8. The molecule has 1 aromatic carbocycles. The third-order valence-corrected chi connectivity index (χ3v) is 11.1. The Labute approximate surface area is 275 Å². The van der Waals surface area contributed by atoms with Crippen LogP contribution in [0.5, 0.6) is 0 Å². The number of nitrogens with two attached hydrogens (primary N) is 1. The number of amides is 1. The van der Waals surface area contributed by atoms with Crippen LogP contribution in [0.2, 0.25) is 5.02 Å². The molecule has 4 aliphatic rings. The lowest BCUT2D eigenvalue weighted by Gasteiger charge is -2.58. The lowest BCUT2D eigenvalue weighted by Crippen LogP contribution is -2.63. The Balaban J connectivity index is 1.35. The molecule has 1 spiro atoms. The molecule has 3 N–H and O–H groups in total. The van der Waals surface area contributed by atoms with Crippen LogP contribution in [-0.2, 0) is 14.3 Å². The number of aromatic nitrogens is 2. The molecule has 2 atom stereocenters. The van der Waals surface area contributed by atoms with Gasteiger partial charge in [-0.15, -0.1) is 0 Å². The first-order valence-corrected chi connectivity index (χ1v) is 16.8. The zero-order valence-electron chi connectivity index (χ0n) is 26.7. The molecular weight excluding hydrogens is 613 g/mol. The number of nitrogens with one attached hydrogen (secondary N) is 1. The van der Waals surface area contributed by atoms with Gasteiger partial charge in [0.1, 0.15) is 0 Å². The number of benzene rings is 1. The second-order valence-electron chi connectivity index (χ2n) is 13.6. The van der Waals surface area contributed by atoms with Gasteiger partial charge in [-0.1, -0.05) is 30.1 Å². The first-order valence-electron chi connectivity index (χ1n) is 16.0. The molecule has 3 aliphatic heterocycles. The van der Waals surface area contributed by atoms with Crippen LogP contribution in [0.3, 0.4) is 0 Å². The van der Waals surface area contributed by atoms with E-state index in [2.05, 4.69) is 35.3 Å². The summed E-state index contributed by atoms with van der Waals surface area (Å²) in [5.41, 5.74) is 12.5.